The Kier molecular flexibility index (Phi) is 1.59. The number of nitrogens with zero attached hydrogens (tertiary/aromatic N) is 2. The summed E-state index contributed by atoms with van der Waals surface area (Å²) >= 11 is 0. The van der Waals surface area contributed by atoms with Crippen molar-refractivity contribution in [3.8, 4) is 11.7 Å². The van der Waals surface area contributed by atoms with E-state index in [4.69, 9.17) is 9.52 Å². The van der Waals surface area contributed by atoms with Crippen molar-refractivity contribution in [2.45, 2.75) is 0 Å². The Bertz CT molecular complexity index is 417. The van der Waals surface area contributed by atoms with Crippen molar-refractivity contribution in [2.24, 2.45) is 0 Å². The highest BCUT2D eigenvalue weighted by Crippen LogP contribution is 2.16. The highest BCUT2D eigenvalue weighted by atomic mass is 16.5. The lowest BCUT2D eigenvalue weighted by molar-refractivity contribution is 0.0680. The van der Waals surface area contributed by atoms with Crippen molar-refractivity contribution in [1.82, 2.24) is 10.1 Å². The Labute approximate surface area is 71.8 Å². The van der Waals surface area contributed by atoms with Crippen LogP contribution in [0.25, 0.3) is 11.7 Å². The minimum Gasteiger partial charge on any atom is -0.475 e. The van der Waals surface area contributed by atoms with Crippen LogP contribution < -0.4 is 0 Å². The van der Waals surface area contributed by atoms with E-state index in [1.807, 2.05) is 0 Å². The first-order chi connectivity index (χ1) is 6.27. The lowest BCUT2D eigenvalue weighted by Gasteiger charge is -1.81. The van der Waals surface area contributed by atoms with E-state index in [1.165, 1.54) is 6.26 Å². The van der Waals surface area contributed by atoms with Crippen LogP contribution in [-0.2, 0) is 0 Å². The second-order valence-corrected chi connectivity index (χ2v) is 2.21. The molecule has 0 aliphatic heterocycles. The fourth-order valence-corrected chi connectivity index (χ4v) is 0.811. The molecule has 2 aromatic heterocycles. The summed E-state index contributed by atoms with van der Waals surface area (Å²) < 4.78 is 9.56. The van der Waals surface area contributed by atoms with Crippen molar-refractivity contribution in [3.05, 3.63) is 24.2 Å². The van der Waals surface area contributed by atoms with Crippen molar-refractivity contribution in [2.75, 3.05) is 0 Å². The minimum absolute atomic E-state index is 0.0578. The summed E-state index contributed by atoms with van der Waals surface area (Å²) in [4.78, 5) is 13.9. The van der Waals surface area contributed by atoms with E-state index in [9.17, 15) is 4.79 Å². The van der Waals surface area contributed by atoms with Crippen molar-refractivity contribution in [3.63, 3.8) is 0 Å². The van der Waals surface area contributed by atoms with Crippen LogP contribution in [0.4, 0.5) is 0 Å². The zero-order valence-corrected chi connectivity index (χ0v) is 6.30. The first-order valence-electron chi connectivity index (χ1n) is 3.38. The van der Waals surface area contributed by atoms with Gasteiger partial charge >= 0.3 is 5.97 Å². The van der Waals surface area contributed by atoms with Gasteiger partial charge in [-0.2, -0.15) is 4.98 Å². The molecule has 0 unspecified atom stereocenters. The van der Waals surface area contributed by atoms with Gasteiger partial charge in [0.15, 0.2) is 5.76 Å². The molecule has 0 saturated heterocycles. The molecule has 13 heavy (non-hydrogen) atoms. The van der Waals surface area contributed by atoms with Crippen LogP contribution in [0.5, 0.6) is 0 Å². The van der Waals surface area contributed by atoms with E-state index in [0.29, 0.717) is 5.76 Å². The van der Waals surface area contributed by atoms with E-state index >= 15 is 0 Å². The Morgan fingerprint density at radius 1 is 1.54 bits per heavy atom. The average Bonchev–Trinajstić information content (AvgIpc) is 2.75. The summed E-state index contributed by atoms with van der Waals surface area (Å²) in [7, 11) is 0. The topological polar surface area (TPSA) is 89.4 Å². The second kappa shape index (κ2) is 2.74. The molecule has 0 saturated carbocycles. The SMILES string of the molecule is O=C(O)c1noc(-c2ccco2)n1. The number of hydrogen-bond donors (Lipinski definition) is 1. The molecule has 0 spiro atoms. The number of carbonyl (C=O) groups is 1. The highest BCUT2D eigenvalue weighted by molar-refractivity contribution is 5.83. The largest absolute Gasteiger partial charge is 0.475 e. The first kappa shape index (κ1) is 7.53. The van der Waals surface area contributed by atoms with Gasteiger partial charge in [0.25, 0.3) is 11.7 Å². The maximum absolute atomic E-state index is 10.4. The Balaban J connectivity index is 2.39. The van der Waals surface area contributed by atoms with Gasteiger partial charge < -0.3 is 14.0 Å². The summed E-state index contributed by atoms with van der Waals surface area (Å²) in [6.45, 7) is 0. The van der Waals surface area contributed by atoms with Crippen molar-refractivity contribution < 1.29 is 18.8 Å². The molecular formula is C7H4N2O4. The molecule has 0 aliphatic carbocycles. The van der Waals surface area contributed by atoms with E-state index < -0.39 is 5.97 Å². The molecule has 0 atom stereocenters. The van der Waals surface area contributed by atoms with Gasteiger partial charge in [-0.25, -0.2) is 4.79 Å². The van der Waals surface area contributed by atoms with Crippen LogP contribution in [0.3, 0.4) is 0 Å². The number of aromatic carboxylic acids is 1. The van der Waals surface area contributed by atoms with Crippen LogP contribution in [0.15, 0.2) is 27.3 Å². The number of aromatic nitrogens is 2. The Morgan fingerprint density at radius 2 is 2.38 bits per heavy atom. The summed E-state index contributed by atoms with van der Waals surface area (Å²) in [5.74, 6) is -1.21. The van der Waals surface area contributed by atoms with Gasteiger partial charge in [0, 0.05) is 0 Å². The number of hydrogen-bond acceptors (Lipinski definition) is 5. The maximum atomic E-state index is 10.4. The van der Waals surface area contributed by atoms with Crippen LogP contribution in [0, 0.1) is 0 Å². The summed E-state index contributed by atoms with van der Waals surface area (Å²) in [5, 5.41) is 11.7. The van der Waals surface area contributed by atoms with Crippen LogP contribution in [-0.4, -0.2) is 21.2 Å². The summed E-state index contributed by atoms with van der Waals surface area (Å²) in [5.41, 5.74) is 0. The molecule has 66 valence electrons. The number of furan rings is 1. The van der Waals surface area contributed by atoms with Gasteiger partial charge in [0.2, 0.25) is 0 Å². The molecule has 1 N–H and O–H groups in total. The molecule has 0 aromatic carbocycles. The van der Waals surface area contributed by atoms with Gasteiger partial charge in [-0.05, 0) is 17.3 Å². The third-order valence-electron chi connectivity index (χ3n) is 1.35. The molecular weight excluding hydrogens is 176 g/mol. The van der Waals surface area contributed by atoms with Gasteiger partial charge in [0.1, 0.15) is 0 Å². The standard InChI is InChI=1S/C7H4N2O4/c10-7(11)5-8-6(13-9-5)4-2-1-3-12-4/h1-3H,(H,10,11). The zero-order valence-electron chi connectivity index (χ0n) is 6.30. The molecule has 0 fully saturated rings. The maximum Gasteiger partial charge on any atom is 0.377 e. The Morgan fingerprint density at radius 3 is 2.92 bits per heavy atom. The van der Waals surface area contributed by atoms with Gasteiger partial charge in [-0.1, -0.05) is 0 Å². The predicted molar refractivity (Wildman–Crippen MR) is 39.0 cm³/mol. The lowest BCUT2D eigenvalue weighted by Crippen LogP contribution is -1.98. The first-order valence-corrected chi connectivity index (χ1v) is 3.38. The molecule has 6 heteroatoms. The fraction of sp³-hybridized carbons (Fsp3) is 0. The molecule has 2 heterocycles. The summed E-state index contributed by atoms with van der Waals surface area (Å²) in [6, 6.07) is 3.24. The molecule has 0 bridgehead atoms. The second-order valence-electron chi connectivity index (χ2n) is 2.21. The minimum atomic E-state index is -1.23. The van der Waals surface area contributed by atoms with Crippen LogP contribution >= 0.6 is 0 Å². The number of rotatable bonds is 2. The highest BCUT2D eigenvalue weighted by Gasteiger charge is 2.15. The Hall–Kier alpha value is -2.11. The van der Waals surface area contributed by atoms with Crippen LogP contribution in [0.2, 0.25) is 0 Å². The third-order valence-corrected chi connectivity index (χ3v) is 1.35. The van der Waals surface area contributed by atoms with Crippen LogP contribution in [0.1, 0.15) is 10.6 Å². The quantitative estimate of drug-likeness (QED) is 0.742. The third kappa shape index (κ3) is 1.28. The van der Waals surface area contributed by atoms with Gasteiger partial charge in [0.05, 0.1) is 6.26 Å². The zero-order chi connectivity index (χ0) is 9.26. The molecule has 2 aromatic rings. The van der Waals surface area contributed by atoms with Crippen molar-refractivity contribution >= 4 is 5.97 Å². The fourth-order valence-electron chi connectivity index (χ4n) is 0.811. The molecule has 6 nitrogen and oxygen atoms in total. The predicted octanol–water partition coefficient (Wildman–Crippen LogP) is 1.03. The van der Waals surface area contributed by atoms with E-state index in [1.54, 1.807) is 12.1 Å². The van der Waals surface area contributed by atoms with Gasteiger partial charge in [-0.15, -0.1) is 0 Å². The molecule has 0 radical (unpaired) electrons. The normalized spacial score (nSPS) is 10.2. The summed E-state index contributed by atoms with van der Waals surface area (Å²) in [6.07, 6.45) is 1.43. The van der Waals surface area contributed by atoms with E-state index in [2.05, 4.69) is 14.7 Å². The molecule has 0 aliphatic rings. The number of carboxylic acids is 1. The molecule has 0 amide bonds. The van der Waals surface area contributed by atoms with E-state index in [0.717, 1.165) is 0 Å². The molecule has 2 rings (SSSR count). The van der Waals surface area contributed by atoms with Crippen molar-refractivity contribution in [1.29, 1.82) is 0 Å². The van der Waals surface area contributed by atoms with Gasteiger partial charge in [-0.3, -0.25) is 0 Å². The van der Waals surface area contributed by atoms with E-state index in [-0.39, 0.29) is 11.7 Å². The monoisotopic (exact) mass is 180 g/mol. The average molecular weight is 180 g/mol. The smallest absolute Gasteiger partial charge is 0.377 e. The number of carboxylic acid groups (broad SMARTS) is 1. The lowest BCUT2D eigenvalue weighted by atomic mass is 10.4.